The fourth-order valence-electron chi connectivity index (χ4n) is 6.94. The van der Waals surface area contributed by atoms with Crippen molar-refractivity contribution in [2.75, 3.05) is 13.6 Å². The van der Waals surface area contributed by atoms with E-state index in [1.807, 2.05) is 117 Å². The Morgan fingerprint density at radius 3 is 2.06 bits per heavy atom. The molecule has 5 aromatic carbocycles. The van der Waals surface area contributed by atoms with Crippen molar-refractivity contribution in [1.82, 2.24) is 9.80 Å². The number of aliphatic hydroxyl groups is 2. The number of likely N-dealkylation sites (N-methyl/N-ethyl adjacent to an activating group) is 1. The Balaban J connectivity index is 1.08. The molecule has 260 valence electrons. The van der Waals surface area contributed by atoms with E-state index >= 15 is 0 Å². The zero-order chi connectivity index (χ0) is 35.5. The van der Waals surface area contributed by atoms with Gasteiger partial charge in [-0.3, -0.25) is 19.4 Å². The summed E-state index contributed by atoms with van der Waals surface area (Å²) < 4.78 is 13.2. The van der Waals surface area contributed by atoms with Crippen molar-refractivity contribution in [2.45, 2.75) is 57.1 Å². The largest absolute Gasteiger partial charge is 0.392 e. The van der Waals surface area contributed by atoms with Crippen LogP contribution in [0.15, 0.2) is 127 Å². The van der Waals surface area contributed by atoms with Gasteiger partial charge in [-0.1, -0.05) is 109 Å². The van der Waals surface area contributed by atoms with Crippen LogP contribution in [-0.2, 0) is 22.6 Å². The molecule has 0 spiro atoms. The second-order valence-electron chi connectivity index (χ2n) is 13.5. The number of carbonyl (C=O) groups excluding carboxylic acids is 2. The third-order valence-corrected chi connectivity index (χ3v) is 10.1. The average molecular weight is 683 g/mol. The zero-order valence-electron chi connectivity index (χ0n) is 28.8. The molecule has 2 N–H and O–H groups in total. The molecule has 0 bridgehead atoms. The second kappa shape index (κ2) is 15.1. The topological polar surface area (TPSA) is 99.5 Å². The summed E-state index contributed by atoms with van der Waals surface area (Å²) in [5, 5.41) is 20.7. The van der Waals surface area contributed by atoms with Crippen molar-refractivity contribution >= 4 is 11.8 Å². The molecular formula is C43H42N2O6. The van der Waals surface area contributed by atoms with Crippen LogP contribution >= 0.6 is 0 Å². The summed E-state index contributed by atoms with van der Waals surface area (Å²) in [6, 6.07) is 40.3. The minimum Gasteiger partial charge on any atom is -0.392 e. The lowest BCUT2D eigenvalue weighted by Crippen LogP contribution is -2.43. The van der Waals surface area contributed by atoms with Crippen LogP contribution in [0, 0.1) is 0 Å². The molecule has 0 aromatic heterocycles. The van der Waals surface area contributed by atoms with Crippen LogP contribution in [0.5, 0.6) is 0 Å². The number of benzene rings is 5. The van der Waals surface area contributed by atoms with E-state index in [4.69, 9.17) is 9.47 Å². The highest BCUT2D eigenvalue weighted by atomic mass is 16.7. The van der Waals surface area contributed by atoms with Crippen molar-refractivity contribution in [3.63, 3.8) is 0 Å². The van der Waals surface area contributed by atoms with E-state index in [9.17, 15) is 19.8 Å². The van der Waals surface area contributed by atoms with Gasteiger partial charge < -0.3 is 19.7 Å². The molecule has 1 saturated heterocycles. The molecule has 1 fully saturated rings. The minimum absolute atomic E-state index is 0.0232. The van der Waals surface area contributed by atoms with Gasteiger partial charge in [0, 0.05) is 24.6 Å². The van der Waals surface area contributed by atoms with Gasteiger partial charge in [-0.05, 0) is 65.6 Å². The van der Waals surface area contributed by atoms with Crippen LogP contribution in [0.25, 0.3) is 11.1 Å². The number of imide groups is 1. The highest BCUT2D eigenvalue weighted by Gasteiger charge is 2.36. The molecule has 0 aliphatic carbocycles. The fraction of sp³-hybridized carbons (Fsp3) is 0.256. The van der Waals surface area contributed by atoms with Crippen molar-refractivity contribution in [1.29, 1.82) is 0 Å². The predicted octanol–water partition coefficient (Wildman–Crippen LogP) is 7.24. The van der Waals surface area contributed by atoms with Gasteiger partial charge in [-0.15, -0.1) is 0 Å². The molecule has 7 rings (SSSR count). The Hall–Kier alpha value is -4.96. The Labute approximate surface area is 298 Å². The number of nitrogens with zero attached hydrogens (tertiary/aromatic N) is 2. The van der Waals surface area contributed by atoms with E-state index in [0.29, 0.717) is 24.1 Å². The van der Waals surface area contributed by atoms with Crippen LogP contribution < -0.4 is 0 Å². The summed E-state index contributed by atoms with van der Waals surface area (Å²) in [7, 11) is 2.01. The Bertz CT molecular complexity index is 1950. The van der Waals surface area contributed by atoms with Crippen LogP contribution in [0.3, 0.4) is 0 Å². The van der Waals surface area contributed by atoms with Gasteiger partial charge in [0.25, 0.3) is 11.8 Å². The summed E-state index contributed by atoms with van der Waals surface area (Å²) in [6.07, 6.45) is -1.05. The van der Waals surface area contributed by atoms with Gasteiger partial charge >= 0.3 is 0 Å². The monoisotopic (exact) mass is 682 g/mol. The summed E-state index contributed by atoms with van der Waals surface area (Å²) in [4.78, 5) is 29.4. The molecule has 2 amide bonds. The molecule has 2 aliphatic rings. The lowest BCUT2D eigenvalue weighted by molar-refractivity contribution is -0.253. The van der Waals surface area contributed by atoms with Crippen LogP contribution in [0.1, 0.15) is 80.4 Å². The molecule has 8 heteroatoms. The number of aliphatic hydroxyl groups excluding tert-OH is 2. The number of carbonyl (C=O) groups is 2. The van der Waals surface area contributed by atoms with Gasteiger partial charge in [-0.25, -0.2) is 0 Å². The number of fused-ring (bicyclic) bond motifs is 1. The minimum atomic E-state index is -0.646. The molecule has 0 radical (unpaired) electrons. The maximum absolute atomic E-state index is 13.0. The Morgan fingerprint density at radius 2 is 1.39 bits per heavy atom. The first kappa shape index (κ1) is 34.5. The lowest BCUT2D eigenvalue weighted by Gasteiger charge is -2.39. The van der Waals surface area contributed by atoms with Crippen LogP contribution in [-0.4, -0.2) is 57.6 Å². The summed E-state index contributed by atoms with van der Waals surface area (Å²) >= 11 is 0. The zero-order valence-corrected chi connectivity index (χ0v) is 28.8. The molecule has 2 aliphatic heterocycles. The Morgan fingerprint density at radius 1 is 0.745 bits per heavy atom. The lowest BCUT2D eigenvalue weighted by atomic mass is 9.98. The van der Waals surface area contributed by atoms with Gasteiger partial charge in [-0.2, -0.15) is 0 Å². The molecule has 5 aromatic rings. The van der Waals surface area contributed by atoms with Gasteiger partial charge in [0.15, 0.2) is 6.29 Å². The number of amides is 2. The van der Waals surface area contributed by atoms with Gasteiger partial charge in [0.1, 0.15) is 0 Å². The van der Waals surface area contributed by atoms with Crippen LogP contribution in [0.2, 0.25) is 0 Å². The number of hydrogen-bond acceptors (Lipinski definition) is 7. The van der Waals surface area contributed by atoms with Crippen LogP contribution in [0.4, 0.5) is 0 Å². The second-order valence-corrected chi connectivity index (χ2v) is 13.5. The normalized spacial score (nSPS) is 20.0. The van der Waals surface area contributed by atoms with E-state index < -0.39 is 12.4 Å². The third kappa shape index (κ3) is 7.42. The van der Waals surface area contributed by atoms with Crippen molar-refractivity contribution < 1.29 is 29.3 Å². The first-order valence-corrected chi connectivity index (χ1v) is 17.4. The van der Waals surface area contributed by atoms with E-state index in [0.717, 1.165) is 38.9 Å². The van der Waals surface area contributed by atoms with Crippen molar-refractivity contribution in [3.8, 4) is 11.1 Å². The smallest absolute Gasteiger partial charge is 0.261 e. The molecule has 0 unspecified atom stereocenters. The average Bonchev–Trinajstić information content (AvgIpc) is 3.42. The summed E-state index contributed by atoms with van der Waals surface area (Å²) in [5.41, 5.74) is 7.30. The maximum atomic E-state index is 13.0. The quantitative estimate of drug-likeness (QED) is 0.142. The van der Waals surface area contributed by atoms with Gasteiger partial charge in [0.2, 0.25) is 0 Å². The number of hydrogen-bond donors (Lipinski definition) is 2. The molecule has 0 saturated carbocycles. The standard InChI is InChI=1S/C43H42N2O6/c1-28(40(47)33-10-4-3-5-11-33)44(2)26-36-24-39(32-17-15-29(27-46)16-18-32)51-43(50-36)34-21-19-31(20-22-34)35-12-8-9-30(23-35)25-45-41(48)37-13-6-7-14-38(37)42(45)49/h3-23,28,36,39-40,43,46-47H,24-27H2,1-2H3/t28-,36-,39+,40-,43+/m1/s1. The first-order chi connectivity index (χ1) is 24.8. The highest BCUT2D eigenvalue weighted by molar-refractivity contribution is 6.21. The summed E-state index contributed by atoms with van der Waals surface area (Å²) in [6.45, 7) is 2.78. The van der Waals surface area contributed by atoms with Gasteiger partial charge in [0.05, 0.1) is 42.6 Å². The summed E-state index contributed by atoms with van der Waals surface area (Å²) in [5.74, 6) is -0.543. The SMILES string of the molecule is C[C@H]([C@@H](O)c1ccccc1)N(C)C[C@H]1C[C@@H](c2ccc(CO)cc2)O[C@@H](c2ccc(-c3cccc(CN4C(=O)c5ccccc5C4=O)c3)cc2)O1. The fourth-order valence-corrected chi connectivity index (χ4v) is 6.94. The highest BCUT2D eigenvalue weighted by Crippen LogP contribution is 2.39. The van der Waals surface area contributed by atoms with E-state index in [1.165, 1.54) is 4.90 Å². The third-order valence-electron chi connectivity index (χ3n) is 10.1. The molecule has 51 heavy (non-hydrogen) atoms. The number of ether oxygens (including phenoxy) is 2. The molecular weight excluding hydrogens is 640 g/mol. The molecule has 8 nitrogen and oxygen atoms in total. The number of rotatable bonds is 11. The Kier molecular flexibility index (Phi) is 10.2. The van der Waals surface area contributed by atoms with Crippen molar-refractivity contribution in [3.05, 3.63) is 166 Å². The molecule has 5 atom stereocenters. The van der Waals surface area contributed by atoms with E-state index in [-0.39, 0.29) is 43.2 Å². The van der Waals surface area contributed by atoms with E-state index in [1.54, 1.807) is 24.3 Å². The maximum Gasteiger partial charge on any atom is 0.261 e. The van der Waals surface area contributed by atoms with E-state index in [2.05, 4.69) is 4.90 Å². The molecule has 2 heterocycles. The predicted molar refractivity (Wildman–Crippen MR) is 194 cm³/mol. The van der Waals surface area contributed by atoms with Crippen molar-refractivity contribution in [2.24, 2.45) is 0 Å². The first-order valence-electron chi connectivity index (χ1n) is 17.4.